The molecular formula is C19H20FN3O2S. The summed E-state index contributed by atoms with van der Waals surface area (Å²) < 4.78 is 13.2. The molecule has 1 aromatic carbocycles. The predicted octanol–water partition coefficient (Wildman–Crippen LogP) is 3.33. The second kappa shape index (κ2) is 6.79. The van der Waals surface area contributed by atoms with Crippen LogP contribution in [0.3, 0.4) is 0 Å². The second-order valence-electron chi connectivity index (χ2n) is 7.01. The van der Waals surface area contributed by atoms with Crippen molar-refractivity contribution in [3.63, 3.8) is 0 Å². The number of piperidine rings is 2. The number of carbonyl (C=O) groups excluding carboxylic acids is 2. The summed E-state index contributed by atoms with van der Waals surface area (Å²) in [6, 6.07) is 6.05. The Morgan fingerprint density at radius 1 is 1.15 bits per heavy atom. The fourth-order valence-electron chi connectivity index (χ4n) is 4.10. The van der Waals surface area contributed by atoms with Crippen LogP contribution in [-0.4, -0.2) is 41.3 Å². The molecule has 0 N–H and O–H groups in total. The zero-order chi connectivity index (χ0) is 18.1. The quantitative estimate of drug-likeness (QED) is 0.811. The number of hydrogen-bond acceptors (Lipinski definition) is 4. The van der Waals surface area contributed by atoms with Crippen LogP contribution >= 0.6 is 11.3 Å². The van der Waals surface area contributed by atoms with Gasteiger partial charge in [-0.25, -0.2) is 4.39 Å². The Hall–Kier alpha value is -2.28. The van der Waals surface area contributed by atoms with Gasteiger partial charge in [-0.3, -0.25) is 14.6 Å². The number of thiazole rings is 1. The molecule has 2 aromatic rings. The summed E-state index contributed by atoms with van der Waals surface area (Å²) in [5.74, 6) is -0.303. The molecule has 2 amide bonds. The van der Waals surface area contributed by atoms with Gasteiger partial charge in [0.2, 0.25) is 5.91 Å². The molecule has 1 atom stereocenters. The Balaban J connectivity index is 1.57. The van der Waals surface area contributed by atoms with E-state index in [2.05, 4.69) is 4.98 Å². The number of nitrogens with zero attached hydrogens (tertiary/aromatic N) is 3. The van der Waals surface area contributed by atoms with E-state index >= 15 is 0 Å². The minimum atomic E-state index is -0.536. The number of benzene rings is 1. The lowest BCUT2D eigenvalue weighted by Crippen LogP contribution is -2.57. The highest BCUT2D eigenvalue weighted by molar-refractivity contribution is 7.11. The number of halogens is 1. The van der Waals surface area contributed by atoms with E-state index in [4.69, 9.17) is 0 Å². The Bertz CT molecular complexity index is 805. The van der Waals surface area contributed by atoms with Gasteiger partial charge in [0.25, 0.3) is 5.91 Å². The van der Waals surface area contributed by atoms with Crippen molar-refractivity contribution in [2.45, 2.75) is 25.7 Å². The molecule has 1 aromatic heterocycles. The lowest BCUT2D eigenvalue weighted by atomic mass is 9.72. The van der Waals surface area contributed by atoms with Crippen LogP contribution in [0.2, 0.25) is 0 Å². The van der Waals surface area contributed by atoms with Crippen LogP contribution in [0.1, 0.15) is 35.4 Å². The van der Waals surface area contributed by atoms with Crippen LogP contribution in [0.5, 0.6) is 0 Å². The zero-order valence-electron chi connectivity index (χ0n) is 14.4. The third-order valence-corrected chi connectivity index (χ3v) is 6.14. The highest BCUT2D eigenvalue weighted by atomic mass is 32.1. The van der Waals surface area contributed by atoms with Crippen LogP contribution in [-0.2, 0) is 4.79 Å². The fraction of sp³-hybridized carbons (Fsp3) is 0.421. The highest BCUT2D eigenvalue weighted by Gasteiger charge is 2.47. The largest absolute Gasteiger partial charge is 0.337 e. The topological polar surface area (TPSA) is 53.5 Å². The Kier molecular flexibility index (Phi) is 4.48. The first-order valence-electron chi connectivity index (χ1n) is 8.84. The van der Waals surface area contributed by atoms with Crippen molar-refractivity contribution in [3.8, 4) is 0 Å². The van der Waals surface area contributed by atoms with Gasteiger partial charge in [0.15, 0.2) is 0 Å². The molecule has 0 saturated carbocycles. The summed E-state index contributed by atoms with van der Waals surface area (Å²) in [6.07, 6.45) is 4.85. The Morgan fingerprint density at radius 2 is 1.88 bits per heavy atom. The summed E-state index contributed by atoms with van der Waals surface area (Å²) in [4.78, 5) is 34.2. The molecule has 136 valence electrons. The molecule has 4 rings (SSSR count). The smallest absolute Gasteiger partial charge is 0.265 e. The summed E-state index contributed by atoms with van der Waals surface area (Å²) >= 11 is 1.33. The molecule has 1 unspecified atom stereocenters. The van der Waals surface area contributed by atoms with Crippen LogP contribution in [0.15, 0.2) is 36.0 Å². The molecule has 0 radical (unpaired) electrons. The van der Waals surface area contributed by atoms with Gasteiger partial charge in [-0.2, -0.15) is 0 Å². The van der Waals surface area contributed by atoms with Gasteiger partial charge in [-0.05, 0) is 49.9 Å². The molecule has 0 aliphatic carbocycles. The lowest BCUT2D eigenvalue weighted by molar-refractivity contribution is -0.133. The normalized spacial score (nSPS) is 23.5. The number of hydrogen-bond donors (Lipinski definition) is 0. The van der Waals surface area contributed by atoms with Gasteiger partial charge in [-0.15, -0.1) is 11.3 Å². The first-order chi connectivity index (χ1) is 12.6. The van der Waals surface area contributed by atoms with E-state index in [1.165, 1.54) is 23.5 Å². The minimum absolute atomic E-state index is 0.0433. The first-order valence-corrected chi connectivity index (χ1v) is 9.72. The van der Waals surface area contributed by atoms with Crippen molar-refractivity contribution in [1.82, 2.24) is 9.88 Å². The van der Waals surface area contributed by atoms with Gasteiger partial charge in [0.1, 0.15) is 10.7 Å². The second-order valence-corrected chi connectivity index (χ2v) is 7.90. The van der Waals surface area contributed by atoms with E-state index in [0.29, 0.717) is 24.5 Å². The fourth-order valence-corrected chi connectivity index (χ4v) is 4.69. The van der Waals surface area contributed by atoms with E-state index in [-0.39, 0.29) is 17.6 Å². The van der Waals surface area contributed by atoms with Crippen LogP contribution < -0.4 is 4.90 Å². The van der Waals surface area contributed by atoms with E-state index in [9.17, 15) is 14.0 Å². The van der Waals surface area contributed by atoms with Crippen LogP contribution in [0.25, 0.3) is 0 Å². The van der Waals surface area contributed by atoms with Crippen molar-refractivity contribution in [1.29, 1.82) is 0 Å². The molecule has 0 bridgehead atoms. The summed E-state index contributed by atoms with van der Waals surface area (Å²) in [5.41, 5.74) is 1.83. The molecule has 2 fully saturated rings. The number of amides is 2. The Labute approximate surface area is 155 Å². The van der Waals surface area contributed by atoms with Gasteiger partial charge >= 0.3 is 0 Å². The third kappa shape index (κ3) is 3.00. The van der Waals surface area contributed by atoms with Gasteiger partial charge in [0.05, 0.1) is 17.1 Å². The maximum absolute atomic E-state index is 13.3. The molecule has 26 heavy (non-hydrogen) atoms. The molecule has 2 saturated heterocycles. The van der Waals surface area contributed by atoms with Crippen molar-refractivity contribution in [2.75, 3.05) is 24.5 Å². The van der Waals surface area contributed by atoms with Crippen molar-refractivity contribution in [3.05, 3.63) is 46.7 Å². The maximum Gasteiger partial charge on any atom is 0.265 e. The van der Waals surface area contributed by atoms with E-state index in [0.717, 1.165) is 31.4 Å². The monoisotopic (exact) mass is 373 g/mol. The molecule has 2 aliphatic rings. The van der Waals surface area contributed by atoms with Gasteiger partial charge in [0, 0.05) is 25.3 Å². The SMILES string of the molecule is O=C(c1cncs1)N1CCCC2(CCCN(c3ccc(F)cc3)C2=O)C1. The standard InChI is InChI=1S/C19H20FN3O2S/c20-14-3-5-15(6-4-14)23-10-2-8-19(18(23)25)7-1-9-22(12-19)17(24)16-11-21-13-26-16/h3-6,11,13H,1-2,7-10,12H2. The van der Waals surface area contributed by atoms with Crippen molar-refractivity contribution < 1.29 is 14.0 Å². The van der Waals surface area contributed by atoms with Crippen molar-refractivity contribution in [2.24, 2.45) is 5.41 Å². The number of likely N-dealkylation sites (tertiary alicyclic amines) is 1. The number of rotatable bonds is 2. The van der Waals surface area contributed by atoms with E-state index in [1.807, 2.05) is 0 Å². The van der Waals surface area contributed by atoms with E-state index < -0.39 is 5.41 Å². The van der Waals surface area contributed by atoms with E-state index in [1.54, 1.807) is 33.6 Å². The first kappa shape index (κ1) is 17.1. The molecule has 1 spiro atoms. The minimum Gasteiger partial charge on any atom is -0.337 e. The average Bonchev–Trinajstić information content (AvgIpc) is 3.19. The molecular weight excluding hydrogens is 353 g/mol. The Morgan fingerprint density at radius 3 is 2.58 bits per heavy atom. The van der Waals surface area contributed by atoms with Crippen molar-refractivity contribution >= 4 is 28.8 Å². The lowest BCUT2D eigenvalue weighted by Gasteiger charge is -2.47. The van der Waals surface area contributed by atoms with Gasteiger partial charge < -0.3 is 9.80 Å². The number of anilines is 1. The molecule has 7 heteroatoms. The number of carbonyl (C=O) groups is 2. The molecule has 3 heterocycles. The maximum atomic E-state index is 13.3. The number of aromatic nitrogens is 1. The third-order valence-electron chi connectivity index (χ3n) is 5.38. The zero-order valence-corrected chi connectivity index (χ0v) is 15.2. The predicted molar refractivity (Wildman–Crippen MR) is 97.7 cm³/mol. The summed E-state index contributed by atoms with van der Waals surface area (Å²) in [5, 5.41) is 0. The molecule has 2 aliphatic heterocycles. The van der Waals surface area contributed by atoms with Crippen LogP contribution in [0.4, 0.5) is 10.1 Å². The summed E-state index contributed by atoms with van der Waals surface area (Å²) in [6.45, 7) is 1.75. The molecule has 5 nitrogen and oxygen atoms in total. The van der Waals surface area contributed by atoms with Gasteiger partial charge in [-0.1, -0.05) is 0 Å². The van der Waals surface area contributed by atoms with Crippen LogP contribution in [0, 0.1) is 11.2 Å². The highest BCUT2D eigenvalue weighted by Crippen LogP contribution is 2.41. The summed E-state index contributed by atoms with van der Waals surface area (Å²) in [7, 11) is 0. The average molecular weight is 373 g/mol.